The number of nitrogens with zero attached hydrogens (tertiary/aromatic N) is 3. The molecule has 0 atom stereocenters. The lowest BCUT2D eigenvalue weighted by atomic mass is 10.5. The van der Waals surface area contributed by atoms with E-state index in [2.05, 4.69) is 14.8 Å². The van der Waals surface area contributed by atoms with E-state index in [1.165, 1.54) is 18.0 Å². The molecule has 2 aromatic rings. The van der Waals surface area contributed by atoms with Crippen LogP contribution in [-0.2, 0) is 14.8 Å². The van der Waals surface area contributed by atoms with Gasteiger partial charge in [-0.15, -0.1) is 0 Å². The van der Waals surface area contributed by atoms with E-state index < -0.39 is 10.0 Å². The zero-order chi connectivity index (χ0) is 13.7. The number of pyridine rings is 1. The van der Waals surface area contributed by atoms with Crippen molar-refractivity contribution in [1.29, 1.82) is 0 Å². The molecule has 0 unspecified atom stereocenters. The minimum atomic E-state index is -3.41. The van der Waals surface area contributed by atoms with Crippen LogP contribution in [0.2, 0.25) is 0 Å². The Balaban J connectivity index is 2.10. The molecule has 19 heavy (non-hydrogen) atoms. The van der Waals surface area contributed by atoms with Crippen LogP contribution in [0.5, 0.6) is 0 Å². The molecule has 8 heteroatoms. The third-order valence-corrected chi connectivity index (χ3v) is 3.55. The van der Waals surface area contributed by atoms with E-state index in [1.807, 2.05) is 6.07 Å². The van der Waals surface area contributed by atoms with Gasteiger partial charge in [-0.05, 0) is 12.1 Å². The SMILES string of the molecule is COCCS(=O)(=O)Nc1cnn(-c2ccccn2)c1. The Morgan fingerprint density at radius 2 is 2.26 bits per heavy atom. The zero-order valence-electron chi connectivity index (χ0n) is 10.4. The lowest BCUT2D eigenvalue weighted by Crippen LogP contribution is -2.19. The molecule has 0 aromatic carbocycles. The molecule has 1 N–H and O–H groups in total. The Hall–Kier alpha value is -1.93. The van der Waals surface area contributed by atoms with Crippen LogP contribution in [0.4, 0.5) is 5.69 Å². The number of hydrogen-bond donors (Lipinski definition) is 1. The maximum atomic E-state index is 11.7. The second-order valence-corrected chi connectivity index (χ2v) is 5.62. The quantitative estimate of drug-likeness (QED) is 0.841. The number of methoxy groups -OCH3 is 1. The fourth-order valence-corrected chi connectivity index (χ4v) is 2.37. The Kier molecular flexibility index (Phi) is 4.13. The largest absolute Gasteiger partial charge is 0.384 e. The lowest BCUT2D eigenvalue weighted by Gasteiger charge is -2.04. The minimum absolute atomic E-state index is 0.0989. The van der Waals surface area contributed by atoms with Crippen LogP contribution < -0.4 is 4.72 Å². The predicted molar refractivity (Wildman–Crippen MR) is 70.6 cm³/mol. The average Bonchev–Trinajstić information content (AvgIpc) is 2.85. The molecule has 102 valence electrons. The number of nitrogens with one attached hydrogen (secondary N) is 1. The number of aromatic nitrogens is 3. The smallest absolute Gasteiger partial charge is 0.235 e. The average molecular weight is 282 g/mol. The van der Waals surface area contributed by atoms with Crippen molar-refractivity contribution in [2.24, 2.45) is 0 Å². The summed E-state index contributed by atoms with van der Waals surface area (Å²) in [6.07, 6.45) is 4.63. The molecule has 0 radical (unpaired) electrons. The summed E-state index contributed by atoms with van der Waals surface area (Å²) in [7, 11) is -1.96. The van der Waals surface area contributed by atoms with Crippen molar-refractivity contribution >= 4 is 15.7 Å². The first-order chi connectivity index (χ1) is 9.11. The molecule has 7 nitrogen and oxygen atoms in total. The standard InChI is InChI=1S/C11H14N4O3S/c1-18-6-7-19(16,17)14-10-8-13-15(9-10)11-4-2-3-5-12-11/h2-5,8-9,14H,6-7H2,1H3. The van der Waals surface area contributed by atoms with Gasteiger partial charge in [-0.2, -0.15) is 5.10 Å². The molecule has 0 fully saturated rings. The van der Waals surface area contributed by atoms with E-state index in [4.69, 9.17) is 4.74 Å². The highest BCUT2D eigenvalue weighted by molar-refractivity contribution is 7.92. The highest BCUT2D eigenvalue weighted by Crippen LogP contribution is 2.11. The summed E-state index contributed by atoms with van der Waals surface area (Å²) in [6.45, 7) is 0.143. The van der Waals surface area contributed by atoms with Crippen LogP contribution >= 0.6 is 0 Å². The van der Waals surface area contributed by atoms with Gasteiger partial charge in [-0.25, -0.2) is 18.1 Å². The number of rotatable bonds is 6. The van der Waals surface area contributed by atoms with Gasteiger partial charge in [0.15, 0.2) is 5.82 Å². The first kappa shape index (κ1) is 13.5. The molecule has 0 aliphatic carbocycles. The maximum absolute atomic E-state index is 11.7. The van der Waals surface area contributed by atoms with Crippen LogP contribution in [0.15, 0.2) is 36.8 Å². The summed E-state index contributed by atoms with van der Waals surface area (Å²) in [5.41, 5.74) is 0.391. The molecule has 2 aromatic heterocycles. The number of anilines is 1. The molecule has 0 aliphatic heterocycles. The molecule has 0 bridgehead atoms. The van der Waals surface area contributed by atoms with Crippen LogP contribution in [0.1, 0.15) is 0 Å². The van der Waals surface area contributed by atoms with E-state index in [1.54, 1.807) is 24.5 Å². The van der Waals surface area contributed by atoms with Gasteiger partial charge in [0.05, 0.1) is 30.4 Å². The van der Waals surface area contributed by atoms with Crippen molar-refractivity contribution in [1.82, 2.24) is 14.8 Å². The van der Waals surface area contributed by atoms with E-state index in [-0.39, 0.29) is 12.4 Å². The predicted octanol–water partition coefficient (Wildman–Crippen LogP) is 0.655. The Labute approximate surface area is 111 Å². The van der Waals surface area contributed by atoms with Crippen molar-refractivity contribution in [2.75, 3.05) is 24.2 Å². The van der Waals surface area contributed by atoms with E-state index in [0.717, 1.165) is 0 Å². The second kappa shape index (κ2) is 5.81. The molecule has 0 saturated heterocycles. The van der Waals surface area contributed by atoms with E-state index >= 15 is 0 Å². The van der Waals surface area contributed by atoms with Gasteiger partial charge in [0, 0.05) is 13.3 Å². The summed E-state index contributed by atoms with van der Waals surface area (Å²) in [5, 5.41) is 4.05. The Bertz CT molecular complexity index is 624. The molecule has 2 heterocycles. The first-order valence-electron chi connectivity index (χ1n) is 5.56. The Morgan fingerprint density at radius 1 is 1.42 bits per heavy atom. The third kappa shape index (κ3) is 3.76. The van der Waals surface area contributed by atoms with Crippen molar-refractivity contribution in [2.45, 2.75) is 0 Å². The summed E-state index contributed by atoms with van der Waals surface area (Å²) in [5.74, 6) is 0.517. The van der Waals surface area contributed by atoms with E-state index in [0.29, 0.717) is 11.5 Å². The van der Waals surface area contributed by atoms with E-state index in [9.17, 15) is 8.42 Å². The van der Waals surface area contributed by atoms with Crippen LogP contribution in [0, 0.1) is 0 Å². The molecule has 0 saturated carbocycles. The second-order valence-electron chi connectivity index (χ2n) is 3.78. The Morgan fingerprint density at radius 3 is 2.95 bits per heavy atom. The number of sulfonamides is 1. The topological polar surface area (TPSA) is 86.1 Å². The van der Waals surface area contributed by atoms with Crippen molar-refractivity contribution in [3.05, 3.63) is 36.8 Å². The van der Waals surface area contributed by atoms with Crippen LogP contribution in [0.3, 0.4) is 0 Å². The summed E-state index contributed by atoms with van der Waals surface area (Å²) in [6, 6.07) is 5.39. The van der Waals surface area contributed by atoms with Crippen molar-refractivity contribution in [3.8, 4) is 5.82 Å². The van der Waals surface area contributed by atoms with Gasteiger partial charge in [0.2, 0.25) is 10.0 Å². The van der Waals surface area contributed by atoms with Crippen LogP contribution in [0.25, 0.3) is 5.82 Å². The normalized spacial score (nSPS) is 11.4. The number of ether oxygens (including phenoxy) is 1. The van der Waals surface area contributed by atoms with Gasteiger partial charge < -0.3 is 4.74 Å². The van der Waals surface area contributed by atoms with Gasteiger partial charge >= 0.3 is 0 Å². The lowest BCUT2D eigenvalue weighted by molar-refractivity contribution is 0.217. The molecular weight excluding hydrogens is 268 g/mol. The molecule has 2 rings (SSSR count). The molecule has 0 amide bonds. The summed E-state index contributed by atoms with van der Waals surface area (Å²) < 4.78 is 32.0. The van der Waals surface area contributed by atoms with Crippen LogP contribution in [-0.4, -0.2) is 42.7 Å². The molecular formula is C11H14N4O3S. The van der Waals surface area contributed by atoms with Gasteiger partial charge in [0.25, 0.3) is 0 Å². The highest BCUT2D eigenvalue weighted by Gasteiger charge is 2.11. The minimum Gasteiger partial charge on any atom is -0.384 e. The summed E-state index contributed by atoms with van der Waals surface area (Å²) in [4.78, 5) is 4.11. The molecule has 0 aliphatic rings. The fourth-order valence-electron chi connectivity index (χ4n) is 1.41. The highest BCUT2D eigenvalue weighted by atomic mass is 32.2. The molecule has 0 spiro atoms. The van der Waals surface area contributed by atoms with Gasteiger partial charge in [-0.3, -0.25) is 4.72 Å². The third-order valence-electron chi connectivity index (χ3n) is 2.30. The van der Waals surface area contributed by atoms with Crippen molar-refractivity contribution in [3.63, 3.8) is 0 Å². The first-order valence-corrected chi connectivity index (χ1v) is 7.21. The van der Waals surface area contributed by atoms with Gasteiger partial charge in [0.1, 0.15) is 0 Å². The maximum Gasteiger partial charge on any atom is 0.235 e. The van der Waals surface area contributed by atoms with Crippen molar-refractivity contribution < 1.29 is 13.2 Å². The fraction of sp³-hybridized carbons (Fsp3) is 0.273. The zero-order valence-corrected chi connectivity index (χ0v) is 11.2. The van der Waals surface area contributed by atoms with Gasteiger partial charge in [-0.1, -0.05) is 6.07 Å². The monoisotopic (exact) mass is 282 g/mol. The number of hydrogen-bond acceptors (Lipinski definition) is 5. The summed E-state index contributed by atoms with van der Waals surface area (Å²) >= 11 is 0.